The van der Waals surface area contributed by atoms with Crippen molar-refractivity contribution in [2.75, 3.05) is 27.2 Å². The highest BCUT2D eigenvalue weighted by atomic mass is 35.5. The van der Waals surface area contributed by atoms with E-state index >= 15 is 0 Å². The first-order valence-corrected chi connectivity index (χ1v) is 8.70. The van der Waals surface area contributed by atoms with Crippen LogP contribution in [-0.2, 0) is 14.8 Å². The molecule has 1 aliphatic rings. The molecule has 1 aromatic rings. The Morgan fingerprint density at radius 1 is 1.39 bits per heavy atom. The number of methoxy groups -OCH3 is 1. The van der Waals surface area contributed by atoms with E-state index in [-0.39, 0.29) is 23.3 Å². The minimum Gasteiger partial charge on any atom is -0.465 e. The number of carbonyl (C=O) groups is 1. The Labute approximate surface area is 143 Å². The van der Waals surface area contributed by atoms with Gasteiger partial charge in [0.2, 0.25) is 10.0 Å². The number of hydrogen-bond donors (Lipinski definition) is 1. The number of nitrogens with one attached hydrogen (secondary N) is 1. The number of likely N-dealkylation sites (N-methyl/N-ethyl adjacent to an activating group) is 1. The summed E-state index contributed by atoms with van der Waals surface area (Å²) in [4.78, 5) is 11.8. The first-order chi connectivity index (χ1) is 10.4. The molecule has 2 rings (SSSR count). The highest BCUT2D eigenvalue weighted by Crippen LogP contribution is 2.23. The van der Waals surface area contributed by atoms with Gasteiger partial charge in [0.15, 0.2) is 0 Å². The number of piperidine rings is 1. The van der Waals surface area contributed by atoms with Crippen molar-refractivity contribution < 1.29 is 17.9 Å². The number of benzene rings is 1. The molecule has 0 saturated carbocycles. The van der Waals surface area contributed by atoms with Gasteiger partial charge in [0, 0.05) is 19.1 Å². The zero-order valence-corrected chi connectivity index (χ0v) is 15.2. The van der Waals surface area contributed by atoms with E-state index in [2.05, 4.69) is 10.1 Å². The van der Waals surface area contributed by atoms with Gasteiger partial charge in [-0.3, -0.25) is 0 Å². The van der Waals surface area contributed by atoms with Crippen molar-refractivity contribution >= 4 is 28.4 Å². The van der Waals surface area contributed by atoms with Crippen molar-refractivity contribution in [1.29, 1.82) is 0 Å². The van der Waals surface area contributed by atoms with E-state index < -0.39 is 16.0 Å². The van der Waals surface area contributed by atoms with Crippen molar-refractivity contribution in [2.24, 2.45) is 0 Å². The van der Waals surface area contributed by atoms with Crippen molar-refractivity contribution in [3.8, 4) is 0 Å². The summed E-state index contributed by atoms with van der Waals surface area (Å²) >= 11 is 0. The standard InChI is InChI=1S/C15H22N2O4S.ClH/c1-11-9-13(6-7-14(11)15(18)21-3)22(19,20)17-8-4-5-12(10-17)16-2;/h6-7,9,12,16H,4-5,8,10H2,1-3H3;1H. The first kappa shape index (κ1) is 19.9. The summed E-state index contributed by atoms with van der Waals surface area (Å²) in [5.41, 5.74) is 0.975. The van der Waals surface area contributed by atoms with Gasteiger partial charge in [0.25, 0.3) is 0 Å². The van der Waals surface area contributed by atoms with Gasteiger partial charge in [-0.2, -0.15) is 4.31 Å². The van der Waals surface area contributed by atoms with Gasteiger partial charge in [-0.25, -0.2) is 13.2 Å². The Hall–Kier alpha value is -1.15. The van der Waals surface area contributed by atoms with Crippen molar-refractivity contribution in [3.63, 3.8) is 0 Å². The van der Waals surface area contributed by atoms with E-state index in [0.717, 1.165) is 12.8 Å². The van der Waals surface area contributed by atoms with Crippen LogP contribution in [0.15, 0.2) is 23.1 Å². The van der Waals surface area contributed by atoms with Gasteiger partial charge in [0.1, 0.15) is 0 Å². The molecule has 0 aliphatic carbocycles. The number of hydrogen-bond acceptors (Lipinski definition) is 5. The zero-order chi connectivity index (χ0) is 16.3. The molecule has 0 radical (unpaired) electrons. The third-order valence-corrected chi connectivity index (χ3v) is 5.89. The van der Waals surface area contributed by atoms with Crippen LogP contribution in [0.5, 0.6) is 0 Å². The first-order valence-electron chi connectivity index (χ1n) is 7.26. The average molecular weight is 363 g/mol. The highest BCUT2D eigenvalue weighted by molar-refractivity contribution is 7.89. The minimum atomic E-state index is -3.54. The Kier molecular flexibility index (Phi) is 7.01. The second kappa shape index (κ2) is 8.10. The largest absolute Gasteiger partial charge is 0.465 e. The van der Waals surface area contributed by atoms with Gasteiger partial charge < -0.3 is 10.1 Å². The van der Waals surface area contributed by atoms with E-state index in [4.69, 9.17) is 0 Å². The van der Waals surface area contributed by atoms with Crippen LogP contribution >= 0.6 is 12.4 Å². The molecule has 1 N–H and O–H groups in total. The summed E-state index contributed by atoms with van der Waals surface area (Å²) in [5.74, 6) is -0.463. The lowest BCUT2D eigenvalue weighted by Gasteiger charge is -2.31. The van der Waals surface area contributed by atoms with E-state index in [9.17, 15) is 13.2 Å². The van der Waals surface area contributed by atoms with Crippen LogP contribution in [0.4, 0.5) is 0 Å². The van der Waals surface area contributed by atoms with Crippen molar-refractivity contribution in [1.82, 2.24) is 9.62 Å². The monoisotopic (exact) mass is 362 g/mol. The van der Waals surface area contributed by atoms with Gasteiger partial charge in [-0.1, -0.05) is 0 Å². The van der Waals surface area contributed by atoms with Crippen LogP contribution in [0.25, 0.3) is 0 Å². The summed E-state index contributed by atoms with van der Waals surface area (Å²) in [6, 6.07) is 4.69. The fourth-order valence-corrected chi connectivity index (χ4v) is 4.29. The second-order valence-corrected chi connectivity index (χ2v) is 7.40. The smallest absolute Gasteiger partial charge is 0.338 e. The minimum absolute atomic E-state index is 0. The molecule has 8 heteroatoms. The molecule has 130 valence electrons. The van der Waals surface area contributed by atoms with Gasteiger partial charge in [0.05, 0.1) is 17.6 Å². The third-order valence-electron chi connectivity index (χ3n) is 4.03. The Morgan fingerprint density at radius 2 is 2.09 bits per heavy atom. The SMILES string of the molecule is CNC1CCCN(S(=O)(=O)c2ccc(C(=O)OC)c(C)c2)C1.Cl. The number of aryl methyl sites for hydroxylation is 1. The van der Waals surface area contributed by atoms with Crippen molar-refractivity contribution in [3.05, 3.63) is 29.3 Å². The van der Waals surface area contributed by atoms with E-state index in [1.54, 1.807) is 6.92 Å². The highest BCUT2D eigenvalue weighted by Gasteiger charge is 2.30. The van der Waals surface area contributed by atoms with Crippen LogP contribution in [0.1, 0.15) is 28.8 Å². The Bertz CT molecular complexity index is 663. The maximum absolute atomic E-state index is 12.7. The Balaban J connectivity index is 0.00000264. The number of carbonyl (C=O) groups excluding carboxylic acids is 1. The van der Waals surface area contributed by atoms with Gasteiger partial charge in [-0.15, -0.1) is 12.4 Å². The third kappa shape index (κ3) is 4.23. The predicted molar refractivity (Wildman–Crippen MR) is 90.6 cm³/mol. The lowest BCUT2D eigenvalue weighted by molar-refractivity contribution is 0.0600. The van der Waals surface area contributed by atoms with E-state index in [0.29, 0.717) is 24.2 Å². The summed E-state index contributed by atoms with van der Waals surface area (Å²) < 4.78 is 31.7. The maximum Gasteiger partial charge on any atom is 0.338 e. The normalized spacial score (nSPS) is 19.0. The van der Waals surface area contributed by atoms with Gasteiger partial charge >= 0.3 is 5.97 Å². The number of rotatable bonds is 4. The van der Waals surface area contributed by atoms with Crippen LogP contribution < -0.4 is 5.32 Å². The molecular weight excluding hydrogens is 340 g/mol. The maximum atomic E-state index is 12.7. The number of nitrogens with zero attached hydrogens (tertiary/aromatic N) is 1. The van der Waals surface area contributed by atoms with E-state index in [1.165, 1.54) is 29.6 Å². The lowest BCUT2D eigenvalue weighted by Crippen LogP contribution is -2.46. The summed E-state index contributed by atoms with van der Waals surface area (Å²) in [5, 5.41) is 3.13. The molecule has 1 fully saturated rings. The predicted octanol–water partition coefficient (Wildman–Crippen LogP) is 1.58. The van der Waals surface area contributed by atoms with Gasteiger partial charge in [-0.05, 0) is 50.6 Å². The van der Waals surface area contributed by atoms with E-state index in [1.807, 2.05) is 7.05 Å². The molecule has 6 nitrogen and oxygen atoms in total. The number of halogens is 1. The fraction of sp³-hybridized carbons (Fsp3) is 0.533. The van der Waals surface area contributed by atoms with Crippen LogP contribution in [-0.4, -0.2) is 52.0 Å². The molecule has 1 aromatic carbocycles. The molecule has 0 aromatic heterocycles. The quantitative estimate of drug-likeness (QED) is 0.823. The summed E-state index contributed by atoms with van der Waals surface area (Å²) in [7, 11) is -0.389. The molecule has 1 atom stereocenters. The summed E-state index contributed by atoms with van der Waals surface area (Å²) in [6.45, 7) is 2.70. The molecular formula is C15H23ClN2O4S. The van der Waals surface area contributed by atoms with Crippen LogP contribution in [0.2, 0.25) is 0 Å². The molecule has 1 unspecified atom stereocenters. The van der Waals surface area contributed by atoms with Crippen molar-refractivity contribution in [2.45, 2.75) is 30.7 Å². The molecule has 0 amide bonds. The molecule has 1 aliphatic heterocycles. The number of esters is 1. The lowest BCUT2D eigenvalue weighted by atomic mass is 10.1. The average Bonchev–Trinajstić information content (AvgIpc) is 2.54. The number of ether oxygens (including phenoxy) is 1. The number of sulfonamides is 1. The molecule has 23 heavy (non-hydrogen) atoms. The topological polar surface area (TPSA) is 75.7 Å². The van der Waals surface area contributed by atoms with Crippen LogP contribution in [0.3, 0.4) is 0 Å². The molecule has 1 heterocycles. The summed E-state index contributed by atoms with van der Waals surface area (Å²) in [6.07, 6.45) is 1.81. The molecule has 0 spiro atoms. The molecule has 1 saturated heterocycles. The zero-order valence-electron chi connectivity index (χ0n) is 13.5. The Morgan fingerprint density at radius 3 is 2.65 bits per heavy atom. The molecule has 0 bridgehead atoms. The fourth-order valence-electron chi connectivity index (χ4n) is 2.68. The second-order valence-electron chi connectivity index (χ2n) is 5.46. The van der Waals surface area contributed by atoms with Crippen LogP contribution in [0, 0.1) is 6.92 Å².